The highest BCUT2D eigenvalue weighted by molar-refractivity contribution is 5.85. The molecule has 0 aliphatic heterocycles. The Kier molecular flexibility index (Phi) is 3.97. The van der Waals surface area contributed by atoms with Crippen LogP contribution in [0.5, 0.6) is 0 Å². The van der Waals surface area contributed by atoms with Gasteiger partial charge in [0.15, 0.2) is 5.84 Å². The van der Waals surface area contributed by atoms with Crippen molar-refractivity contribution >= 4 is 16.7 Å². The van der Waals surface area contributed by atoms with Crippen molar-refractivity contribution in [2.45, 2.75) is 19.5 Å². The SMILES string of the molecule is CC(C(N)=NO)N(C)Cc1ccnc2ccccc12. The number of hydrogen-bond donors (Lipinski definition) is 2. The van der Waals surface area contributed by atoms with Gasteiger partial charge >= 0.3 is 0 Å². The Morgan fingerprint density at radius 2 is 2.16 bits per heavy atom. The van der Waals surface area contributed by atoms with Gasteiger partial charge in [-0.3, -0.25) is 9.88 Å². The summed E-state index contributed by atoms with van der Waals surface area (Å²) in [5.74, 6) is 0.209. The molecule has 2 rings (SSSR count). The van der Waals surface area contributed by atoms with E-state index in [1.165, 1.54) is 5.56 Å². The summed E-state index contributed by atoms with van der Waals surface area (Å²) >= 11 is 0. The number of likely N-dealkylation sites (N-methyl/N-ethyl adjacent to an activating group) is 1. The monoisotopic (exact) mass is 258 g/mol. The van der Waals surface area contributed by atoms with Crippen LogP contribution in [-0.2, 0) is 6.54 Å². The molecule has 5 heteroatoms. The topological polar surface area (TPSA) is 74.7 Å². The molecular weight excluding hydrogens is 240 g/mol. The average Bonchev–Trinajstić information content (AvgIpc) is 2.46. The molecule has 3 N–H and O–H groups in total. The standard InChI is InChI=1S/C14H18N4O/c1-10(14(15)17-19)18(2)9-11-7-8-16-13-6-4-3-5-12(11)13/h3-8,10,19H,9H2,1-2H3,(H2,15,17). The lowest BCUT2D eigenvalue weighted by Crippen LogP contribution is -2.40. The summed E-state index contributed by atoms with van der Waals surface area (Å²) in [5, 5.41) is 12.9. The molecule has 1 heterocycles. The van der Waals surface area contributed by atoms with Crippen LogP contribution < -0.4 is 5.73 Å². The zero-order chi connectivity index (χ0) is 13.8. The van der Waals surface area contributed by atoms with E-state index in [4.69, 9.17) is 10.9 Å². The second-order valence-electron chi connectivity index (χ2n) is 4.60. The van der Waals surface area contributed by atoms with Gasteiger partial charge < -0.3 is 10.9 Å². The van der Waals surface area contributed by atoms with Crippen molar-refractivity contribution in [2.75, 3.05) is 7.05 Å². The largest absolute Gasteiger partial charge is 0.409 e. The number of para-hydroxylation sites is 1. The number of nitrogens with two attached hydrogens (primary N) is 1. The highest BCUT2D eigenvalue weighted by Crippen LogP contribution is 2.18. The lowest BCUT2D eigenvalue weighted by molar-refractivity contribution is 0.280. The molecule has 0 radical (unpaired) electrons. The number of hydrogen-bond acceptors (Lipinski definition) is 4. The molecule has 0 saturated carbocycles. The fourth-order valence-corrected chi connectivity index (χ4v) is 2.01. The normalized spacial score (nSPS) is 13.9. The quantitative estimate of drug-likeness (QED) is 0.379. The third kappa shape index (κ3) is 2.82. The van der Waals surface area contributed by atoms with Gasteiger partial charge in [-0.1, -0.05) is 23.4 Å². The summed E-state index contributed by atoms with van der Waals surface area (Å²) in [5.41, 5.74) is 7.78. The zero-order valence-electron chi connectivity index (χ0n) is 11.1. The fourth-order valence-electron chi connectivity index (χ4n) is 2.01. The Morgan fingerprint density at radius 3 is 2.89 bits per heavy atom. The summed E-state index contributed by atoms with van der Waals surface area (Å²) in [6, 6.07) is 9.89. The third-order valence-electron chi connectivity index (χ3n) is 3.36. The average molecular weight is 258 g/mol. The highest BCUT2D eigenvalue weighted by atomic mass is 16.4. The molecule has 0 spiro atoms. The first kappa shape index (κ1) is 13.3. The van der Waals surface area contributed by atoms with E-state index in [1.807, 2.05) is 43.1 Å². The molecule has 0 amide bonds. The Morgan fingerprint density at radius 1 is 1.42 bits per heavy atom. The molecule has 1 aromatic carbocycles. The maximum absolute atomic E-state index is 8.72. The molecule has 100 valence electrons. The molecular formula is C14H18N4O. The number of aromatic nitrogens is 1. The first-order chi connectivity index (χ1) is 9.13. The maximum Gasteiger partial charge on any atom is 0.156 e. The molecule has 1 aromatic heterocycles. The number of pyridine rings is 1. The summed E-state index contributed by atoms with van der Waals surface area (Å²) < 4.78 is 0. The van der Waals surface area contributed by atoms with Gasteiger partial charge in [-0.2, -0.15) is 0 Å². The van der Waals surface area contributed by atoms with E-state index < -0.39 is 0 Å². The fraction of sp³-hybridized carbons (Fsp3) is 0.286. The Labute approximate surface area is 112 Å². The number of rotatable bonds is 4. The van der Waals surface area contributed by atoms with Gasteiger partial charge in [-0.25, -0.2) is 0 Å². The molecule has 0 fully saturated rings. The maximum atomic E-state index is 8.72. The lowest BCUT2D eigenvalue weighted by atomic mass is 10.1. The predicted molar refractivity (Wildman–Crippen MR) is 76.1 cm³/mol. The molecule has 1 unspecified atom stereocenters. The van der Waals surface area contributed by atoms with Gasteiger partial charge in [0.25, 0.3) is 0 Å². The van der Waals surface area contributed by atoms with Crippen molar-refractivity contribution in [1.29, 1.82) is 0 Å². The van der Waals surface area contributed by atoms with Gasteiger partial charge in [0.2, 0.25) is 0 Å². The number of benzene rings is 1. The number of nitrogens with zero attached hydrogens (tertiary/aromatic N) is 3. The van der Waals surface area contributed by atoms with Crippen molar-refractivity contribution < 1.29 is 5.21 Å². The zero-order valence-corrected chi connectivity index (χ0v) is 11.1. The van der Waals surface area contributed by atoms with Crippen molar-refractivity contribution in [3.05, 3.63) is 42.1 Å². The van der Waals surface area contributed by atoms with Crippen LogP contribution in [0.25, 0.3) is 10.9 Å². The van der Waals surface area contributed by atoms with Gasteiger partial charge in [-0.05, 0) is 31.7 Å². The van der Waals surface area contributed by atoms with Crippen LogP contribution in [0, 0.1) is 0 Å². The first-order valence-corrected chi connectivity index (χ1v) is 6.13. The van der Waals surface area contributed by atoms with Crippen LogP contribution in [0.15, 0.2) is 41.7 Å². The molecule has 0 bridgehead atoms. The van der Waals surface area contributed by atoms with Crippen LogP contribution in [0.4, 0.5) is 0 Å². The van der Waals surface area contributed by atoms with E-state index in [2.05, 4.69) is 16.2 Å². The minimum Gasteiger partial charge on any atom is -0.409 e. The van der Waals surface area contributed by atoms with Crippen molar-refractivity contribution in [3.8, 4) is 0 Å². The predicted octanol–water partition coefficient (Wildman–Crippen LogP) is 1.80. The second kappa shape index (κ2) is 5.67. The van der Waals surface area contributed by atoms with Crippen molar-refractivity contribution in [1.82, 2.24) is 9.88 Å². The number of amidine groups is 1. The second-order valence-corrected chi connectivity index (χ2v) is 4.60. The number of oxime groups is 1. The van der Waals surface area contributed by atoms with Crippen LogP contribution in [0.2, 0.25) is 0 Å². The Bertz CT molecular complexity index is 592. The van der Waals surface area contributed by atoms with E-state index in [0.29, 0.717) is 6.54 Å². The van der Waals surface area contributed by atoms with E-state index in [1.54, 1.807) is 6.20 Å². The molecule has 5 nitrogen and oxygen atoms in total. The van der Waals surface area contributed by atoms with E-state index >= 15 is 0 Å². The van der Waals surface area contributed by atoms with E-state index in [9.17, 15) is 0 Å². The number of fused-ring (bicyclic) bond motifs is 1. The minimum absolute atomic E-state index is 0.128. The minimum atomic E-state index is -0.128. The van der Waals surface area contributed by atoms with Crippen molar-refractivity contribution in [3.63, 3.8) is 0 Å². The van der Waals surface area contributed by atoms with Gasteiger partial charge in [0.1, 0.15) is 0 Å². The highest BCUT2D eigenvalue weighted by Gasteiger charge is 2.15. The lowest BCUT2D eigenvalue weighted by Gasteiger charge is -2.23. The molecule has 0 saturated heterocycles. The van der Waals surface area contributed by atoms with Crippen molar-refractivity contribution in [2.24, 2.45) is 10.9 Å². The Hall–Kier alpha value is -2.14. The smallest absolute Gasteiger partial charge is 0.156 e. The summed E-state index contributed by atoms with van der Waals surface area (Å²) in [7, 11) is 1.94. The van der Waals surface area contributed by atoms with Crippen LogP contribution in [0.1, 0.15) is 12.5 Å². The summed E-state index contributed by atoms with van der Waals surface area (Å²) in [4.78, 5) is 6.36. The van der Waals surface area contributed by atoms with Gasteiger partial charge in [0.05, 0.1) is 11.6 Å². The van der Waals surface area contributed by atoms with Crippen LogP contribution >= 0.6 is 0 Å². The molecule has 1 atom stereocenters. The first-order valence-electron chi connectivity index (χ1n) is 6.13. The third-order valence-corrected chi connectivity index (χ3v) is 3.36. The Balaban J connectivity index is 2.26. The van der Waals surface area contributed by atoms with Gasteiger partial charge in [0, 0.05) is 18.1 Å². The van der Waals surface area contributed by atoms with Crippen LogP contribution in [0.3, 0.4) is 0 Å². The van der Waals surface area contributed by atoms with Crippen LogP contribution in [-0.4, -0.2) is 34.0 Å². The molecule has 19 heavy (non-hydrogen) atoms. The molecule has 0 aliphatic rings. The van der Waals surface area contributed by atoms with Gasteiger partial charge in [-0.15, -0.1) is 0 Å². The summed E-state index contributed by atoms with van der Waals surface area (Å²) in [6.45, 7) is 2.61. The molecule has 2 aromatic rings. The van der Waals surface area contributed by atoms with E-state index in [0.717, 1.165) is 10.9 Å². The van der Waals surface area contributed by atoms with E-state index in [-0.39, 0.29) is 11.9 Å². The molecule has 0 aliphatic carbocycles. The summed E-state index contributed by atoms with van der Waals surface area (Å²) in [6.07, 6.45) is 1.81.